The number of primary amides is 2. The standard InChI is InChI=1S/C36H51ClF2N8O6/c1-34(2,22-11-14-23(38)15-12-22)33(53)45-27(8-6-16-40)30(50)47-36(5,32(42)52)20-43-17-7-9-26(29(49)46-35(3,4)31(41)51)44-28(48)18-21-10-13-24(39)19-25(21)37/h10-15,19,26-27,43H,6-9,16-18,20,40H2,1-5H3,(H2,41,51)(H2,42,52)(H,44,48)(H,45,53)(H,46,49)(H,47,50)/t26-,27-,36?/m1/s1. The zero-order valence-electron chi connectivity index (χ0n) is 30.7. The van der Waals surface area contributed by atoms with Crippen LogP contribution in [0.4, 0.5) is 8.78 Å². The van der Waals surface area contributed by atoms with Gasteiger partial charge in [0.05, 0.1) is 11.8 Å². The van der Waals surface area contributed by atoms with Crippen LogP contribution in [0.15, 0.2) is 42.5 Å². The number of amides is 6. The summed E-state index contributed by atoms with van der Waals surface area (Å²) in [6, 6.07) is 6.77. The molecule has 0 aliphatic carbocycles. The fraction of sp³-hybridized carbons (Fsp3) is 0.500. The fourth-order valence-electron chi connectivity index (χ4n) is 5.06. The Bertz CT molecular complexity index is 1640. The van der Waals surface area contributed by atoms with Crippen molar-refractivity contribution in [1.82, 2.24) is 26.6 Å². The monoisotopic (exact) mass is 764 g/mol. The van der Waals surface area contributed by atoms with Gasteiger partial charge in [-0.25, -0.2) is 8.78 Å². The van der Waals surface area contributed by atoms with Crippen molar-refractivity contribution < 1.29 is 37.5 Å². The van der Waals surface area contributed by atoms with Gasteiger partial charge < -0.3 is 43.8 Å². The predicted octanol–water partition coefficient (Wildman–Crippen LogP) is 0.957. The number of carbonyl (C=O) groups is 6. The van der Waals surface area contributed by atoms with E-state index in [-0.39, 0.29) is 50.3 Å². The third-order valence-corrected chi connectivity index (χ3v) is 9.14. The van der Waals surface area contributed by atoms with Crippen LogP contribution in [0.2, 0.25) is 5.02 Å². The van der Waals surface area contributed by atoms with Crippen molar-refractivity contribution in [3.8, 4) is 0 Å². The Labute approximate surface area is 313 Å². The van der Waals surface area contributed by atoms with Gasteiger partial charge in [-0.15, -0.1) is 0 Å². The predicted molar refractivity (Wildman–Crippen MR) is 196 cm³/mol. The molecule has 0 saturated heterocycles. The van der Waals surface area contributed by atoms with E-state index in [9.17, 15) is 37.5 Å². The summed E-state index contributed by atoms with van der Waals surface area (Å²) in [6.07, 6.45) is 0.592. The minimum atomic E-state index is -1.62. The summed E-state index contributed by atoms with van der Waals surface area (Å²) in [5.41, 5.74) is 13.4. The normalized spacial score (nSPS) is 13.9. The molecule has 14 nitrogen and oxygen atoms in total. The van der Waals surface area contributed by atoms with Crippen molar-refractivity contribution in [2.24, 2.45) is 17.2 Å². The quantitative estimate of drug-likeness (QED) is 0.0850. The SMILES string of the molecule is CC(C)(NC(=O)[C@@H](CCCNCC(C)(NC(=O)[C@@H](CCCN)NC(=O)C(C)(C)c1ccc(F)cc1)C(N)=O)NC(=O)Cc1ccc(F)cc1Cl)C(N)=O. The minimum Gasteiger partial charge on any atom is -0.368 e. The van der Waals surface area contributed by atoms with Gasteiger partial charge in [-0.05, 0) is 109 Å². The maximum atomic E-state index is 13.5. The highest BCUT2D eigenvalue weighted by Gasteiger charge is 2.38. The van der Waals surface area contributed by atoms with Crippen LogP contribution in [-0.4, -0.2) is 78.2 Å². The second kappa shape index (κ2) is 19.4. The van der Waals surface area contributed by atoms with Crippen LogP contribution in [0, 0.1) is 11.6 Å². The number of hydrogen-bond acceptors (Lipinski definition) is 8. The number of halogens is 3. The first kappa shape index (κ1) is 44.5. The molecule has 0 aliphatic heterocycles. The van der Waals surface area contributed by atoms with Crippen LogP contribution in [-0.2, 0) is 40.6 Å². The Morgan fingerprint density at radius 3 is 1.91 bits per heavy atom. The Hall–Kier alpha value is -4.67. The third kappa shape index (κ3) is 13.4. The number of nitrogens with two attached hydrogens (primary N) is 3. The molecule has 53 heavy (non-hydrogen) atoms. The molecule has 0 radical (unpaired) electrons. The van der Waals surface area contributed by atoms with Crippen molar-refractivity contribution in [1.29, 1.82) is 0 Å². The highest BCUT2D eigenvalue weighted by atomic mass is 35.5. The molecule has 2 rings (SSSR count). The molecule has 2 aromatic carbocycles. The van der Waals surface area contributed by atoms with Gasteiger partial charge in [-0.1, -0.05) is 29.8 Å². The first-order valence-corrected chi connectivity index (χ1v) is 17.5. The van der Waals surface area contributed by atoms with Crippen LogP contribution >= 0.6 is 11.6 Å². The van der Waals surface area contributed by atoms with Crippen molar-refractivity contribution in [3.05, 3.63) is 70.2 Å². The van der Waals surface area contributed by atoms with Crippen LogP contribution < -0.4 is 43.8 Å². The Kier molecular flexibility index (Phi) is 16.3. The Morgan fingerprint density at radius 1 is 0.774 bits per heavy atom. The van der Waals surface area contributed by atoms with E-state index < -0.39 is 75.7 Å². The maximum absolute atomic E-state index is 13.5. The van der Waals surface area contributed by atoms with Gasteiger partial charge in [0, 0.05) is 11.6 Å². The number of nitrogens with one attached hydrogen (secondary N) is 5. The van der Waals surface area contributed by atoms with Crippen LogP contribution in [0.3, 0.4) is 0 Å². The van der Waals surface area contributed by atoms with E-state index in [0.29, 0.717) is 17.5 Å². The van der Waals surface area contributed by atoms with Gasteiger partial charge in [-0.2, -0.15) is 0 Å². The van der Waals surface area contributed by atoms with Crippen LogP contribution in [0.25, 0.3) is 0 Å². The first-order valence-electron chi connectivity index (χ1n) is 17.1. The summed E-state index contributed by atoms with van der Waals surface area (Å²) in [6.45, 7) is 7.75. The van der Waals surface area contributed by atoms with E-state index in [0.717, 1.165) is 12.1 Å². The molecule has 0 aromatic heterocycles. The average Bonchev–Trinajstić information content (AvgIpc) is 3.06. The highest BCUT2D eigenvalue weighted by molar-refractivity contribution is 6.31. The summed E-state index contributed by atoms with van der Waals surface area (Å²) in [7, 11) is 0. The molecule has 0 heterocycles. The second-order valence-electron chi connectivity index (χ2n) is 14.1. The van der Waals surface area contributed by atoms with E-state index in [2.05, 4.69) is 26.6 Å². The van der Waals surface area contributed by atoms with Crippen molar-refractivity contribution >= 4 is 47.0 Å². The van der Waals surface area contributed by atoms with E-state index in [1.807, 2.05) is 0 Å². The number of hydrogen-bond donors (Lipinski definition) is 8. The van der Waals surface area contributed by atoms with Crippen molar-refractivity contribution in [2.75, 3.05) is 19.6 Å². The molecule has 0 bridgehead atoms. The molecule has 11 N–H and O–H groups in total. The summed E-state index contributed by atoms with van der Waals surface area (Å²) >= 11 is 6.06. The van der Waals surface area contributed by atoms with Crippen LogP contribution in [0.1, 0.15) is 71.4 Å². The van der Waals surface area contributed by atoms with Gasteiger partial charge >= 0.3 is 0 Å². The molecule has 3 atom stereocenters. The van der Waals surface area contributed by atoms with E-state index >= 15 is 0 Å². The fourth-order valence-corrected chi connectivity index (χ4v) is 5.29. The Morgan fingerprint density at radius 2 is 1.34 bits per heavy atom. The van der Waals surface area contributed by atoms with E-state index in [4.69, 9.17) is 28.8 Å². The molecule has 0 saturated carbocycles. The molecule has 0 spiro atoms. The van der Waals surface area contributed by atoms with Crippen molar-refractivity contribution in [2.45, 2.75) is 95.3 Å². The first-order chi connectivity index (χ1) is 24.6. The molecule has 2 aromatic rings. The molecule has 6 amide bonds. The minimum absolute atomic E-state index is 0.0340. The number of carbonyl (C=O) groups excluding carboxylic acids is 6. The molecule has 1 unspecified atom stereocenters. The van der Waals surface area contributed by atoms with E-state index in [1.165, 1.54) is 51.1 Å². The zero-order chi connectivity index (χ0) is 40.1. The van der Waals surface area contributed by atoms with Crippen LogP contribution in [0.5, 0.6) is 0 Å². The molecule has 17 heteroatoms. The van der Waals surface area contributed by atoms with E-state index in [1.54, 1.807) is 13.8 Å². The molecular weight excluding hydrogens is 714 g/mol. The third-order valence-electron chi connectivity index (χ3n) is 8.79. The summed E-state index contributed by atoms with van der Waals surface area (Å²) in [5.74, 6) is -5.18. The molecule has 0 aliphatic rings. The summed E-state index contributed by atoms with van der Waals surface area (Å²) in [5, 5.41) is 13.6. The van der Waals surface area contributed by atoms with Gasteiger partial charge in [-0.3, -0.25) is 28.8 Å². The lowest BCUT2D eigenvalue weighted by atomic mass is 9.83. The number of rotatable bonds is 21. The van der Waals surface area contributed by atoms with Gasteiger partial charge in [0.2, 0.25) is 35.4 Å². The van der Waals surface area contributed by atoms with Gasteiger partial charge in [0.15, 0.2) is 0 Å². The lowest BCUT2D eigenvalue weighted by Gasteiger charge is -2.32. The van der Waals surface area contributed by atoms with Gasteiger partial charge in [0.25, 0.3) is 0 Å². The number of benzene rings is 2. The highest BCUT2D eigenvalue weighted by Crippen LogP contribution is 2.24. The average molecular weight is 765 g/mol. The topological polar surface area (TPSA) is 241 Å². The lowest BCUT2D eigenvalue weighted by molar-refractivity contribution is -0.135. The molecular formula is C36H51ClF2N8O6. The second-order valence-corrected chi connectivity index (χ2v) is 14.5. The van der Waals surface area contributed by atoms with Gasteiger partial charge in [0.1, 0.15) is 34.8 Å². The zero-order valence-corrected chi connectivity index (χ0v) is 31.4. The maximum Gasteiger partial charge on any atom is 0.244 e. The molecule has 292 valence electrons. The summed E-state index contributed by atoms with van der Waals surface area (Å²) in [4.78, 5) is 77.4. The largest absolute Gasteiger partial charge is 0.368 e. The molecule has 0 fully saturated rings. The Balaban J connectivity index is 2.10. The van der Waals surface area contributed by atoms with Crippen molar-refractivity contribution in [3.63, 3.8) is 0 Å². The summed E-state index contributed by atoms with van der Waals surface area (Å²) < 4.78 is 27.0. The lowest BCUT2D eigenvalue weighted by Crippen LogP contribution is -2.64. The smallest absolute Gasteiger partial charge is 0.244 e.